The molecular formula is C14H23N3O2. The number of furan rings is 1. The molecule has 0 saturated carbocycles. The molecule has 1 saturated heterocycles. The molecule has 19 heavy (non-hydrogen) atoms. The average molecular weight is 265 g/mol. The first-order chi connectivity index (χ1) is 9.24. The van der Waals surface area contributed by atoms with Gasteiger partial charge in [0.1, 0.15) is 5.76 Å². The fourth-order valence-corrected chi connectivity index (χ4v) is 2.45. The quantitative estimate of drug-likeness (QED) is 0.859. The summed E-state index contributed by atoms with van der Waals surface area (Å²) in [6.07, 6.45) is 2.52. The maximum Gasteiger partial charge on any atom is 0.227 e. The number of carbonyl (C=O) groups is 1. The van der Waals surface area contributed by atoms with Gasteiger partial charge in [-0.3, -0.25) is 9.69 Å². The van der Waals surface area contributed by atoms with Crippen LogP contribution in [0.1, 0.15) is 19.1 Å². The maximum atomic E-state index is 12.2. The van der Waals surface area contributed by atoms with Crippen molar-refractivity contribution in [2.45, 2.75) is 19.9 Å². The molecule has 1 aliphatic heterocycles. The van der Waals surface area contributed by atoms with Gasteiger partial charge >= 0.3 is 0 Å². The molecule has 2 N–H and O–H groups in total. The molecule has 1 aromatic heterocycles. The van der Waals surface area contributed by atoms with E-state index in [0.29, 0.717) is 6.54 Å². The van der Waals surface area contributed by atoms with Crippen LogP contribution in [0.5, 0.6) is 0 Å². The second-order valence-electron chi connectivity index (χ2n) is 5.02. The lowest BCUT2D eigenvalue weighted by Crippen LogP contribution is -2.50. The average Bonchev–Trinajstić information content (AvgIpc) is 2.94. The van der Waals surface area contributed by atoms with Crippen molar-refractivity contribution < 1.29 is 9.21 Å². The molecule has 2 heterocycles. The molecule has 1 aromatic rings. The highest BCUT2D eigenvalue weighted by molar-refractivity contribution is 5.79. The third-order valence-electron chi connectivity index (χ3n) is 3.77. The monoisotopic (exact) mass is 265 g/mol. The standard InChI is InChI=1S/C14H23N3O2/c1-2-12(10-15)14(18)17-7-5-16(6-8-17)11-13-4-3-9-19-13/h3-4,9,12H,2,5-8,10-11,15H2,1H3. The molecule has 2 rings (SSSR count). The number of rotatable bonds is 5. The predicted octanol–water partition coefficient (Wildman–Crippen LogP) is 0.909. The fraction of sp³-hybridized carbons (Fsp3) is 0.643. The second-order valence-corrected chi connectivity index (χ2v) is 5.02. The lowest BCUT2D eigenvalue weighted by Gasteiger charge is -2.35. The van der Waals surface area contributed by atoms with Gasteiger partial charge in [0.25, 0.3) is 0 Å². The Morgan fingerprint density at radius 3 is 2.68 bits per heavy atom. The van der Waals surface area contributed by atoms with E-state index in [1.807, 2.05) is 24.0 Å². The van der Waals surface area contributed by atoms with Crippen LogP contribution >= 0.6 is 0 Å². The van der Waals surface area contributed by atoms with E-state index in [1.165, 1.54) is 0 Å². The highest BCUT2D eigenvalue weighted by Crippen LogP contribution is 2.12. The number of piperazine rings is 1. The molecule has 0 bridgehead atoms. The van der Waals surface area contributed by atoms with Crippen LogP contribution in [0.4, 0.5) is 0 Å². The Morgan fingerprint density at radius 1 is 1.42 bits per heavy atom. The summed E-state index contributed by atoms with van der Waals surface area (Å²) in [4.78, 5) is 16.4. The van der Waals surface area contributed by atoms with Crippen LogP contribution in [-0.4, -0.2) is 48.4 Å². The first-order valence-electron chi connectivity index (χ1n) is 6.98. The van der Waals surface area contributed by atoms with Gasteiger partial charge in [0.2, 0.25) is 5.91 Å². The van der Waals surface area contributed by atoms with Crippen molar-refractivity contribution in [2.75, 3.05) is 32.7 Å². The Labute approximate surface area is 114 Å². The number of nitrogens with zero attached hydrogens (tertiary/aromatic N) is 2. The van der Waals surface area contributed by atoms with Gasteiger partial charge < -0.3 is 15.1 Å². The lowest BCUT2D eigenvalue weighted by atomic mass is 10.0. The summed E-state index contributed by atoms with van der Waals surface area (Å²) in [7, 11) is 0. The lowest BCUT2D eigenvalue weighted by molar-refractivity contribution is -0.137. The highest BCUT2D eigenvalue weighted by Gasteiger charge is 2.25. The predicted molar refractivity (Wildman–Crippen MR) is 73.4 cm³/mol. The van der Waals surface area contributed by atoms with Crippen LogP contribution in [0.2, 0.25) is 0 Å². The summed E-state index contributed by atoms with van der Waals surface area (Å²) >= 11 is 0. The van der Waals surface area contributed by atoms with Gasteiger partial charge in [-0.1, -0.05) is 6.92 Å². The zero-order valence-corrected chi connectivity index (χ0v) is 11.5. The second kappa shape index (κ2) is 6.73. The SMILES string of the molecule is CCC(CN)C(=O)N1CCN(Cc2ccco2)CC1. The van der Waals surface area contributed by atoms with Gasteiger partial charge in [0.15, 0.2) is 0 Å². The number of hydrogen-bond donors (Lipinski definition) is 1. The Balaban J connectivity index is 1.80. The van der Waals surface area contributed by atoms with Gasteiger partial charge in [-0.15, -0.1) is 0 Å². The van der Waals surface area contributed by atoms with Gasteiger partial charge in [-0.05, 0) is 18.6 Å². The molecule has 1 aliphatic rings. The van der Waals surface area contributed by atoms with E-state index < -0.39 is 0 Å². The number of amides is 1. The van der Waals surface area contributed by atoms with E-state index >= 15 is 0 Å². The summed E-state index contributed by atoms with van der Waals surface area (Å²) in [5, 5.41) is 0. The third kappa shape index (κ3) is 3.58. The molecule has 0 spiro atoms. The molecule has 0 aliphatic carbocycles. The molecule has 0 radical (unpaired) electrons. The van der Waals surface area contributed by atoms with Crippen LogP contribution in [-0.2, 0) is 11.3 Å². The first kappa shape index (κ1) is 14.1. The summed E-state index contributed by atoms with van der Waals surface area (Å²) in [5.74, 6) is 1.17. The number of hydrogen-bond acceptors (Lipinski definition) is 4. The van der Waals surface area contributed by atoms with E-state index in [-0.39, 0.29) is 11.8 Å². The first-order valence-corrected chi connectivity index (χ1v) is 6.98. The smallest absolute Gasteiger partial charge is 0.227 e. The van der Waals surface area contributed by atoms with Crippen molar-refractivity contribution in [3.63, 3.8) is 0 Å². The Kier molecular flexibility index (Phi) is 4.99. The van der Waals surface area contributed by atoms with Crippen molar-refractivity contribution in [1.29, 1.82) is 0 Å². The minimum Gasteiger partial charge on any atom is -0.468 e. The van der Waals surface area contributed by atoms with Crippen LogP contribution < -0.4 is 5.73 Å². The molecule has 1 fully saturated rings. The van der Waals surface area contributed by atoms with Gasteiger partial charge in [0.05, 0.1) is 18.7 Å². The van der Waals surface area contributed by atoms with Crippen molar-refractivity contribution in [3.05, 3.63) is 24.2 Å². The van der Waals surface area contributed by atoms with E-state index in [9.17, 15) is 4.79 Å². The topological polar surface area (TPSA) is 62.7 Å². The largest absolute Gasteiger partial charge is 0.468 e. The highest BCUT2D eigenvalue weighted by atomic mass is 16.3. The maximum absolute atomic E-state index is 12.2. The van der Waals surface area contributed by atoms with Crippen molar-refractivity contribution in [1.82, 2.24) is 9.80 Å². The van der Waals surface area contributed by atoms with Crippen LogP contribution in [0.3, 0.4) is 0 Å². The minimum atomic E-state index is -0.0170. The summed E-state index contributed by atoms with van der Waals surface area (Å²) in [6, 6.07) is 3.89. The number of carbonyl (C=O) groups excluding carboxylic acids is 1. The molecule has 5 heteroatoms. The minimum absolute atomic E-state index is 0.0170. The van der Waals surface area contributed by atoms with Crippen LogP contribution in [0.25, 0.3) is 0 Å². The normalized spacial score (nSPS) is 18.5. The van der Waals surface area contributed by atoms with E-state index in [0.717, 1.165) is 44.9 Å². The Hall–Kier alpha value is -1.33. The van der Waals surface area contributed by atoms with E-state index in [1.54, 1.807) is 6.26 Å². The zero-order chi connectivity index (χ0) is 13.7. The van der Waals surface area contributed by atoms with Gasteiger partial charge in [-0.25, -0.2) is 0 Å². The van der Waals surface area contributed by atoms with E-state index in [4.69, 9.17) is 10.2 Å². The molecule has 1 amide bonds. The van der Waals surface area contributed by atoms with Crippen molar-refractivity contribution in [2.24, 2.45) is 11.7 Å². The molecule has 1 unspecified atom stereocenters. The van der Waals surface area contributed by atoms with E-state index in [2.05, 4.69) is 4.90 Å². The van der Waals surface area contributed by atoms with Crippen molar-refractivity contribution in [3.8, 4) is 0 Å². The zero-order valence-electron chi connectivity index (χ0n) is 11.5. The van der Waals surface area contributed by atoms with Crippen LogP contribution in [0.15, 0.2) is 22.8 Å². The Bertz CT molecular complexity index is 379. The summed E-state index contributed by atoms with van der Waals surface area (Å²) in [5.41, 5.74) is 5.64. The summed E-state index contributed by atoms with van der Waals surface area (Å²) in [6.45, 7) is 6.65. The van der Waals surface area contributed by atoms with Gasteiger partial charge in [0, 0.05) is 32.7 Å². The summed E-state index contributed by atoms with van der Waals surface area (Å²) < 4.78 is 5.34. The molecular weight excluding hydrogens is 242 g/mol. The van der Waals surface area contributed by atoms with Gasteiger partial charge in [-0.2, -0.15) is 0 Å². The number of nitrogens with two attached hydrogens (primary N) is 1. The van der Waals surface area contributed by atoms with Crippen LogP contribution in [0, 0.1) is 5.92 Å². The third-order valence-corrected chi connectivity index (χ3v) is 3.77. The molecule has 0 aromatic carbocycles. The van der Waals surface area contributed by atoms with Crippen molar-refractivity contribution >= 4 is 5.91 Å². The Morgan fingerprint density at radius 2 is 2.16 bits per heavy atom. The molecule has 1 atom stereocenters. The molecule has 5 nitrogen and oxygen atoms in total. The fourth-order valence-electron chi connectivity index (χ4n) is 2.45. The molecule has 106 valence electrons.